The second kappa shape index (κ2) is 11.0. The van der Waals surface area contributed by atoms with Crippen LogP contribution < -0.4 is 10.1 Å². The molecule has 7 nitrogen and oxygen atoms in total. The highest BCUT2D eigenvalue weighted by Crippen LogP contribution is 2.30. The van der Waals surface area contributed by atoms with Gasteiger partial charge in [-0.3, -0.25) is 9.36 Å². The zero-order valence-electron chi connectivity index (χ0n) is 16.8. The van der Waals surface area contributed by atoms with E-state index in [-0.39, 0.29) is 11.7 Å². The van der Waals surface area contributed by atoms with E-state index in [1.165, 1.54) is 11.8 Å². The Kier molecular flexibility index (Phi) is 8.12. The topological polar surface area (TPSA) is 78.3 Å². The van der Waals surface area contributed by atoms with E-state index in [2.05, 4.69) is 15.5 Å². The number of nitrogens with zero attached hydrogens (tertiary/aromatic N) is 3. The Bertz CT molecular complexity index is 979. The summed E-state index contributed by atoms with van der Waals surface area (Å²) in [7, 11) is 1.59. The first-order valence-corrected chi connectivity index (χ1v) is 10.8. The molecule has 3 rings (SSSR count). The van der Waals surface area contributed by atoms with Crippen LogP contribution >= 0.6 is 23.4 Å². The predicted molar refractivity (Wildman–Crippen MR) is 119 cm³/mol. The minimum Gasteiger partial charge on any atom is -0.494 e. The molecule has 0 saturated heterocycles. The zero-order chi connectivity index (χ0) is 21.3. The van der Waals surface area contributed by atoms with Crippen molar-refractivity contribution in [1.29, 1.82) is 0 Å². The van der Waals surface area contributed by atoms with Gasteiger partial charge >= 0.3 is 0 Å². The lowest BCUT2D eigenvalue weighted by Crippen LogP contribution is -2.28. The molecule has 1 heterocycles. The van der Waals surface area contributed by atoms with Crippen molar-refractivity contribution in [3.63, 3.8) is 0 Å². The smallest absolute Gasteiger partial charge is 0.230 e. The van der Waals surface area contributed by atoms with Gasteiger partial charge in [-0.1, -0.05) is 35.5 Å². The number of aromatic nitrogens is 3. The van der Waals surface area contributed by atoms with E-state index in [1.807, 2.05) is 60.0 Å². The van der Waals surface area contributed by atoms with E-state index >= 15 is 0 Å². The lowest BCUT2D eigenvalue weighted by atomic mass is 10.2. The van der Waals surface area contributed by atoms with Crippen LogP contribution in [0.25, 0.3) is 17.1 Å². The molecule has 0 aliphatic rings. The third kappa shape index (κ3) is 5.75. The van der Waals surface area contributed by atoms with Gasteiger partial charge in [0.15, 0.2) is 11.0 Å². The fourth-order valence-corrected chi connectivity index (χ4v) is 3.71. The number of carbonyl (C=O) groups excluding carboxylic acids is 1. The molecule has 0 aliphatic heterocycles. The van der Waals surface area contributed by atoms with Gasteiger partial charge in [0.1, 0.15) is 5.75 Å². The van der Waals surface area contributed by atoms with Crippen molar-refractivity contribution >= 4 is 29.3 Å². The lowest BCUT2D eigenvalue weighted by Gasteiger charge is -2.12. The van der Waals surface area contributed by atoms with Gasteiger partial charge in [-0.2, -0.15) is 0 Å². The van der Waals surface area contributed by atoms with Crippen LogP contribution in [0, 0.1) is 0 Å². The largest absolute Gasteiger partial charge is 0.494 e. The summed E-state index contributed by atoms with van der Waals surface area (Å²) in [5.41, 5.74) is 1.70. The number of benzene rings is 2. The van der Waals surface area contributed by atoms with Gasteiger partial charge in [0, 0.05) is 29.9 Å². The Morgan fingerprint density at radius 2 is 2.00 bits per heavy atom. The van der Waals surface area contributed by atoms with E-state index in [4.69, 9.17) is 21.1 Å². The number of carbonyl (C=O) groups is 1. The lowest BCUT2D eigenvalue weighted by molar-refractivity contribution is -0.118. The fraction of sp³-hybridized carbons (Fsp3) is 0.286. The molecule has 3 aromatic rings. The second-order valence-electron chi connectivity index (χ2n) is 6.21. The number of amides is 1. The van der Waals surface area contributed by atoms with Crippen molar-refractivity contribution in [2.24, 2.45) is 0 Å². The van der Waals surface area contributed by atoms with E-state index in [9.17, 15) is 4.79 Å². The molecule has 158 valence electrons. The second-order valence-corrected chi connectivity index (χ2v) is 7.59. The van der Waals surface area contributed by atoms with Crippen molar-refractivity contribution in [2.75, 3.05) is 32.6 Å². The summed E-state index contributed by atoms with van der Waals surface area (Å²) in [4.78, 5) is 12.1. The highest BCUT2D eigenvalue weighted by molar-refractivity contribution is 7.99. The molecular formula is C21H23ClN4O3S. The summed E-state index contributed by atoms with van der Waals surface area (Å²) in [6.07, 6.45) is 0. The maximum Gasteiger partial charge on any atom is 0.230 e. The Morgan fingerprint density at radius 1 is 1.20 bits per heavy atom. The number of nitrogens with one attached hydrogen (secondary N) is 1. The van der Waals surface area contributed by atoms with Gasteiger partial charge in [0.25, 0.3) is 0 Å². The average molecular weight is 447 g/mol. The first-order chi connectivity index (χ1) is 14.6. The summed E-state index contributed by atoms with van der Waals surface area (Å²) in [6.45, 7) is 3.48. The number of methoxy groups -OCH3 is 1. The van der Waals surface area contributed by atoms with Crippen LogP contribution in [0.1, 0.15) is 6.92 Å². The first kappa shape index (κ1) is 22.1. The molecule has 30 heavy (non-hydrogen) atoms. The molecule has 0 unspecified atom stereocenters. The van der Waals surface area contributed by atoms with Gasteiger partial charge in [0.05, 0.1) is 19.0 Å². The Morgan fingerprint density at radius 3 is 2.70 bits per heavy atom. The normalized spacial score (nSPS) is 10.8. The fourth-order valence-electron chi connectivity index (χ4n) is 2.74. The summed E-state index contributed by atoms with van der Waals surface area (Å²) >= 11 is 7.49. The van der Waals surface area contributed by atoms with Gasteiger partial charge in [-0.15, -0.1) is 10.2 Å². The average Bonchev–Trinajstić information content (AvgIpc) is 3.17. The zero-order valence-corrected chi connectivity index (χ0v) is 18.4. The van der Waals surface area contributed by atoms with Gasteiger partial charge in [-0.05, 0) is 43.3 Å². The number of ether oxygens (including phenoxy) is 2. The number of hydrogen-bond acceptors (Lipinski definition) is 6. The van der Waals surface area contributed by atoms with Gasteiger partial charge in [-0.25, -0.2) is 0 Å². The number of thioether (sulfide) groups is 1. The SMILES string of the molecule is CCOc1ccc(-n2c(SCC(=O)NCCOC)nnc2-c2cccc(Cl)c2)cc1. The molecule has 0 atom stereocenters. The molecule has 9 heteroatoms. The molecule has 0 bridgehead atoms. The van der Waals surface area contributed by atoms with Crippen molar-refractivity contribution in [3.8, 4) is 22.8 Å². The highest BCUT2D eigenvalue weighted by Gasteiger charge is 2.17. The molecule has 0 spiro atoms. The van der Waals surface area contributed by atoms with Gasteiger partial charge < -0.3 is 14.8 Å². The van der Waals surface area contributed by atoms with Crippen LogP contribution in [-0.4, -0.2) is 53.3 Å². The van der Waals surface area contributed by atoms with E-state index in [1.54, 1.807) is 7.11 Å². The maximum absolute atomic E-state index is 12.1. The van der Waals surface area contributed by atoms with Crippen molar-refractivity contribution < 1.29 is 14.3 Å². The van der Waals surface area contributed by atoms with Crippen LogP contribution in [0.2, 0.25) is 5.02 Å². The standard InChI is InChI=1S/C21H23ClN4O3S/c1-3-29-18-9-7-17(8-10-18)26-20(15-5-4-6-16(22)13-15)24-25-21(26)30-14-19(27)23-11-12-28-2/h4-10,13H,3,11-12,14H2,1-2H3,(H,23,27). The first-order valence-electron chi connectivity index (χ1n) is 9.45. The highest BCUT2D eigenvalue weighted by atomic mass is 35.5. The quantitative estimate of drug-likeness (QED) is 0.376. The van der Waals surface area contributed by atoms with E-state index < -0.39 is 0 Å². The molecule has 0 aliphatic carbocycles. The number of rotatable bonds is 10. The molecule has 2 aromatic carbocycles. The molecule has 0 saturated carbocycles. The third-order valence-electron chi connectivity index (χ3n) is 4.08. The van der Waals surface area contributed by atoms with Gasteiger partial charge in [0.2, 0.25) is 5.91 Å². The summed E-state index contributed by atoms with van der Waals surface area (Å²) in [5.74, 6) is 1.55. The minimum atomic E-state index is -0.0948. The molecular weight excluding hydrogens is 424 g/mol. The van der Waals surface area contributed by atoms with E-state index in [0.717, 1.165) is 17.0 Å². The molecule has 1 aromatic heterocycles. The number of halogens is 1. The Balaban J connectivity index is 1.90. The Labute approximate surface area is 184 Å². The number of hydrogen-bond donors (Lipinski definition) is 1. The van der Waals surface area contributed by atoms with Crippen LogP contribution in [-0.2, 0) is 9.53 Å². The van der Waals surface area contributed by atoms with Crippen molar-refractivity contribution in [2.45, 2.75) is 12.1 Å². The van der Waals surface area contributed by atoms with Crippen LogP contribution in [0.15, 0.2) is 53.7 Å². The van der Waals surface area contributed by atoms with E-state index in [0.29, 0.717) is 35.8 Å². The third-order valence-corrected chi connectivity index (χ3v) is 5.25. The maximum atomic E-state index is 12.1. The monoisotopic (exact) mass is 446 g/mol. The molecule has 1 N–H and O–H groups in total. The molecule has 1 amide bonds. The van der Waals surface area contributed by atoms with Crippen LogP contribution in [0.5, 0.6) is 5.75 Å². The summed E-state index contributed by atoms with van der Waals surface area (Å²) < 4.78 is 12.4. The predicted octanol–water partition coefficient (Wildman–Crippen LogP) is 3.84. The minimum absolute atomic E-state index is 0.0948. The van der Waals surface area contributed by atoms with Crippen molar-refractivity contribution in [3.05, 3.63) is 53.6 Å². The summed E-state index contributed by atoms with van der Waals surface area (Å²) in [5, 5.41) is 12.7. The summed E-state index contributed by atoms with van der Waals surface area (Å²) in [6, 6.07) is 15.1. The Hall–Kier alpha value is -2.55. The van der Waals surface area contributed by atoms with Crippen molar-refractivity contribution in [1.82, 2.24) is 20.1 Å². The van der Waals surface area contributed by atoms with Crippen LogP contribution in [0.3, 0.4) is 0 Å². The van der Waals surface area contributed by atoms with Crippen LogP contribution in [0.4, 0.5) is 0 Å². The molecule has 0 fully saturated rings. The molecule has 0 radical (unpaired) electrons.